The molecule has 3 atom stereocenters. The summed E-state index contributed by atoms with van der Waals surface area (Å²) >= 11 is 0. The molecule has 2 aliphatic rings. The molecular weight excluding hydrogens is 360 g/mol. The number of esters is 3. The number of rotatable bonds is 4. The van der Waals surface area contributed by atoms with Crippen LogP contribution in [0.25, 0.3) is 0 Å². The lowest BCUT2D eigenvalue weighted by atomic mass is 9.72. The Balaban J connectivity index is 2.44. The zero-order chi connectivity index (χ0) is 21.3. The van der Waals surface area contributed by atoms with Gasteiger partial charge in [-0.15, -0.1) is 0 Å². The van der Waals surface area contributed by atoms with Crippen molar-refractivity contribution >= 4 is 17.9 Å². The van der Waals surface area contributed by atoms with Crippen LogP contribution in [0.3, 0.4) is 0 Å². The van der Waals surface area contributed by atoms with E-state index in [4.69, 9.17) is 14.2 Å². The van der Waals surface area contributed by atoms with E-state index < -0.39 is 34.8 Å². The summed E-state index contributed by atoms with van der Waals surface area (Å²) in [7, 11) is 2.52. The van der Waals surface area contributed by atoms with Crippen LogP contribution in [0.1, 0.15) is 40.5 Å². The molecule has 2 aliphatic carbocycles. The van der Waals surface area contributed by atoms with Crippen LogP contribution in [0.15, 0.2) is 36.0 Å². The van der Waals surface area contributed by atoms with E-state index in [2.05, 4.69) is 6.58 Å². The number of hydrogen-bond donors (Lipinski definition) is 0. The monoisotopic (exact) mass is 390 g/mol. The van der Waals surface area contributed by atoms with Crippen LogP contribution in [0.2, 0.25) is 0 Å². The predicted octanol–water partition coefficient (Wildman–Crippen LogP) is 3.38. The van der Waals surface area contributed by atoms with Crippen LogP contribution >= 0.6 is 0 Å². The van der Waals surface area contributed by atoms with Crippen molar-refractivity contribution in [2.24, 2.45) is 22.7 Å². The number of carbonyl (C=O) groups excluding carboxylic acids is 3. The van der Waals surface area contributed by atoms with Gasteiger partial charge in [0.15, 0.2) is 5.41 Å². The third-order valence-corrected chi connectivity index (χ3v) is 5.47. The van der Waals surface area contributed by atoms with E-state index in [1.165, 1.54) is 14.2 Å². The Labute approximate surface area is 166 Å². The maximum atomic E-state index is 12.8. The lowest BCUT2D eigenvalue weighted by Gasteiger charge is -2.31. The topological polar surface area (TPSA) is 78.9 Å². The lowest BCUT2D eigenvalue weighted by molar-refractivity contribution is -0.169. The molecule has 0 saturated carbocycles. The zero-order valence-electron chi connectivity index (χ0n) is 17.5. The normalized spacial score (nSPS) is 25.8. The first-order valence-corrected chi connectivity index (χ1v) is 9.44. The molecule has 154 valence electrons. The molecule has 2 rings (SSSR count). The molecular formula is C22H30O6. The summed E-state index contributed by atoms with van der Waals surface area (Å²) in [6.45, 7) is 11.2. The van der Waals surface area contributed by atoms with E-state index in [0.29, 0.717) is 12.8 Å². The van der Waals surface area contributed by atoms with Gasteiger partial charge in [0, 0.05) is 5.92 Å². The van der Waals surface area contributed by atoms with Gasteiger partial charge in [0.1, 0.15) is 6.10 Å². The molecule has 0 heterocycles. The zero-order valence-corrected chi connectivity index (χ0v) is 17.5. The van der Waals surface area contributed by atoms with Gasteiger partial charge >= 0.3 is 17.9 Å². The molecule has 28 heavy (non-hydrogen) atoms. The number of fused-ring (bicyclic) bond motifs is 1. The summed E-state index contributed by atoms with van der Waals surface area (Å²) in [6.07, 6.45) is 5.96. The molecule has 0 aliphatic heterocycles. The van der Waals surface area contributed by atoms with E-state index >= 15 is 0 Å². The number of hydrogen-bond acceptors (Lipinski definition) is 6. The van der Waals surface area contributed by atoms with Gasteiger partial charge in [0.2, 0.25) is 0 Å². The Morgan fingerprint density at radius 1 is 1.07 bits per heavy atom. The third kappa shape index (κ3) is 3.77. The predicted molar refractivity (Wildman–Crippen MR) is 104 cm³/mol. The van der Waals surface area contributed by atoms with Crippen molar-refractivity contribution in [1.29, 1.82) is 0 Å². The Hall–Kier alpha value is -2.37. The summed E-state index contributed by atoms with van der Waals surface area (Å²) in [6, 6.07) is 0. The van der Waals surface area contributed by atoms with E-state index in [1.54, 1.807) is 26.8 Å². The highest BCUT2D eigenvalue weighted by Crippen LogP contribution is 2.53. The minimum Gasteiger partial charge on any atom is -0.468 e. The Bertz CT molecular complexity index is 721. The second kappa shape index (κ2) is 7.94. The minimum absolute atomic E-state index is 0.214. The summed E-state index contributed by atoms with van der Waals surface area (Å²) in [5, 5.41) is 0. The van der Waals surface area contributed by atoms with Gasteiger partial charge in [0.25, 0.3) is 0 Å². The largest absolute Gasteiger partial charge is 0.468 e. The van der Waals surface area contributed by atoms with Crippen molar-refractivity contribution in [1.82, 2.24) is 0 Å². The first-order chi connectivity index (χ1) is 13.0. The summed E-state index contributed by atoms with van der Waals surface area (Å²) in [4.78, 5) is 37.8. The van der Waals surface area contributed by atoms with Gasteiger partial charge in [-0.2, -0.15) is 0 Å². The van der Waals surface area contributed by atoms with Gasteiger partial charge in [-0.1, -0.05) is 24.3 Å². The molecule has 0 radical (unpaired) electrons. The van der Waals surface area contributed by atoms with Crippen LogP contribution in [-0.2, 0) is 28.6 Å². The van der Waals surface area contributed by atoms with E-state index in [1.807, 2.05) is 19.1 Å². The molecule has 0 spiro atoms. The highest BCUT2D eigenvalue weighted by atomic mass is 16.6. The van der Waals surface area contributed by atoms with Gasteiger partial charge in [0.05, 0.1) is 19.6 Å². The quantitative estimate of drug-likeness (QED) is 0.317. The summed E-state index contributed by atoms with van der Waals surface area (Å²) in [5.74, 6) is -2.20. The molecule has 0 aromatic rings. The molecule has 6 nitrogen and oxygen atoms in total. The van der Waals surface area contributed by atoms with Crippen molar-refractivity contribution in [3.8, 4) is 0 Å². The first-order valence-electron chi connectivity index (χ1n) is 9.44. The molecule has 6 heteroatoms. The van der Waals surface area contributed by atoms with Crippen LogP contribution in [0.5, 0.6) is 0 Å². The van der Waals surface area contributed by atoms with E-state index in [0.717, 1.165) is 11.1 Å². The van der Waals surface area contributed by atoms with Crippen molar-refractivity contribution in [3.05, 3.63) is 36.0 Å². The highest BCUT2D eigenvalue weighted by molar-refractivity contribution is 6.04. The standard InChI is InChI=1S/C22H30O6/c1-13(2)16-12-22(19(24)26-6,20(25)27-7)17-11-9-14(8-10-15(16)17)28-18(23)21(3,4)5/h8,10,12,14-15,17H,1,9,11H2,2-7H3/t14-,15+,17-/m1/s1. The lowest BCUT2D eigenvalue weighted by Crippen LogP contribution is -2.45. The van der Waals surface area contributed by atoms with E-state index in [-0.39, 0.29) is 11.9 Å². The molecule has 0 amide bonds. The fourth-order valence-electron chi connectivity index (χ4n) is 3.94. The minimum atomic E-state index is -1.53. The smallest absolute Gasteiger partial charge is 0.327 e. The number of methoxy groups -OCH3 is 2. The van der Waals surface area contributed by atoms with Gasteiger partial charge in [-0.05, 0) is 58.1 Å². The average molecular weight is 390 g/mol. The Kier molecular flexibility index (Phi) is 6.21. The fourth-order valence-corrected chi connectivity index (χ4v) is 3.94. The Morgan fingerprint density at radius 2 is 1.64 bits per heavy atom. The van der Waals surface area contributed by atoms with Gasteiger partial charge < -0.3 is 14.2 Å². The molecule has 0 fully saturated rings. The summed E-state index contributed by atoms with van der Waals surface area (Å²) < 4.78 is 15.6. The number of allylic oxidation sites excluding steroid dienone is 3. The van der Waals surface area contributed by atoms with Crippen LogP contribution in [0, 0.1) is 22.7 Å². The molecule has 0 aromatic heterocycles. The number of ether oxygens (including phenoxy) is 3. The second-order valence-electron chi connectivity index (χ2n) is 8.52. The van der Waals surface area contributed by atoms with Crippen LogP contribution in [-0.4, -0.2) is 38.2 Å². The SMILES string of the molecule is C=C(C)C1=CC(C(=O)OC)(C(=O)OC)[C@@H]2CC[C@H](OC(=O)C(C)(C)C)C=C[C@@H]12. The van der Waals surface area contributed by atoms with Crippen molar-refractivity contribution < 1.29 is 28.6 Å². The van der Waals surface area contributed by atoms with Crippen LogP contribution in [0.4, 0.5) is 0 Å². The number of carbonyl (C=O) groups is 3. The average Bonchev–Trinajstić information content (AvgIpc) is 2.83. The van der Waals surface area contributed by atoms with Crippen molar-refractivity contribution in [3.63, 3.8) is 0 Å². The molecule has 0 unspecified atom stereocenters. The van der Waals surface area contributed by atoms with Crippen molar-refractivity contribution in [2.45, 2.75) is 46.6 Å². The molecule has 0 N–H and O–H groups in total. The third-order valence-electron chi connectivity index (χ3n) is 5.47. The van der Waals surface area contributed by atoms with Crippen LogP contribution < -0.4 is 0 Å². The fraction of sp³-hybridized carbons (Fsp3) is 0.591. The molecule has 0 saturated heterocycles. The maximum absolute atomic E-state index is 12.8. The second-order valence-corrected chi connectivity index (χ2v) is 8.52. The Morgan fingerprint density at radius 3 is 2.11 bits per heavy atom. The maximum Gasteiger partial charge on any atom is 0.327 e. The first kappa shape index (κ1) is 21.9. The van der Waals surface area contributed by atoms with Gasteiger partial charge in [-0.3, -0.25) is 14.4 Å². The highest BCUT2D eigenvalue weighted by Gasteiger charge is 2.59. The van der Waals surface area contributed by atoms with Crippen molar-refractivity contribution in [2.75, 3.05) is 14.2 Å². The molecule has 0 bridgehead atoms. The van der Waals surface area contributed by atoms with E-state index in [9.17, 15) is 14.4 Å². The van der Waals surface area contributed by atoms with Gasteiger partial charge in [-0.25, -0.2) is 0 Å². The molecule has 0 aromatic carbocycles. The summed E-state index contributed by atoms with van der Waals surface area (Å²) in [5.41, 5.74) is -0.574.